The number of likely N-dealkylation sites (N-methyl/N-ethyl adjacent to an activating group) is 1. The summed E-state index contributed by atoms with van der Waals surface area (Å²) in [7, 11) is 0.137. The second-order valence-corrected chi connectivity index (χ2v) is 6.42. The van der Waals surface area contributed by atoms with Crippen LogP contribution in [-0.2, 0) is 10.0 Å². The summed E-state index contributed by atoms with van der Waals surface area (Å²) in [5.41, 5.74) is 0.509. The van der Waals surface area contributed by atoms with Gasteiger partial charge in [0.25, 0.3) is 10.0 Å². The average molecular weight is 284 g/mol. The Balaban J connectivity index is 2.09. The fourth-order valence-corrected chi connectivity index (χ4v) is 3.51. The Kier molecular flexibility index (Phi) is 4.38. The predicted molar refractivity (Wildman–Crippen MR) is 74.6 cm³/mol. The van der Waals surface area contributed by atoms with Crippen LogP contribution in [0.1, 0.15) is 12.8 Å². The highest BCUT2D eigenvalue weighted by Gasteiger charge is 2.25. The molecule has 1 atom stereocenters. The summed E-state index contributed by atoms with van der Waals surface area (Å²) in [4.78, 5) is 6.14. The van der Waals surface area contributed by atoms with E-state index in [1.807, 2.05) is 7.05 Å². The van der Waals surface area contributed by atoms with Crippen LogP contribution < -0.4 is 10.0 Å². The lowest BCUT2D eigenvalue weighted by Gasteiger charge is -2.19. The molecule has 1 aliphatic rings. The molecule has 1 unspecified atom stereocenters. The van der Waals surface area contributed by atoms with E-state index < -0.39 is 10.0 Å². The number of nitrogens with one attached hydrogen (secondary N) is 2. The van der Waals surface area contributed by atoms with Gasteiger partial charge in [0.05, 0.1) is 5.69 Å². The van der Waals surface area contributed by atoms with Crippen molar-refractivity contribution < 1.29 is 8.42 Å². The number of aromatic nitrogens is 1. The van der Waals surface area contributed by atoms with E-state index >= 15 is 0 Å². The van der Waals surface area contributed by atoms with Gasteiger partial charge in [0.2, 0.25) is 0 Å². The molecular formula is C12H20N4O2S. The van der Waals surface area contributed by atoms with Crippen LogP contribution in [0, 0.1) is 0 Å². The molecule has 0 aromatic carbocycles. The number of anilines is 1. The SMILES string of the molecule is CNc1cccnc1S(=O)(=O)NCC1CCCN1C. The standard InChI is InChI=1S/C12H20N4O2S/c1-13-11-6-3-7-14-12(11)19(17,18)15-9-10-5-4-8-16(10)2/h3,6-7,10,13,15H,4-5,8-9H2,1-2H3. The van der Waals surface area contributed by atoms with Crippen LogP contribution in [0.3, 0.4) is 0 Å². The van der Waals surface area contributed by atoms with Gasteiger partial charge in [0, 0.05) is 25.8 Å². The molecule has 1 aliphatic heterocycles. The maximum Gasteiger partial charge on any atom is 0.260 e. The zero-order valence-corrected chi connectivity index (χ0v) is 12.1. The molecule has 0 amide bonds. The first-order valence-electron chi connectivity index (χ1n) is 6.37. The van der Waals surface area contributed by atoms with Gasteiger partial charge in [-0.2, -0.15) is 0 Å². The number of sulfonamides is 1. The second kappa shape index (κ2) is 5.85. The minimum Gasteiger partial charge on any atom is -0.386 e. The molecule has 1 aromatic rings. The molecule has 7 heteroatoms. The molecule has 0 aliphatic carbocycles. The van der Waals surface area contributed by atoms with E-state index in [4.69, 9.17) is 0 Å². The highest BCUT2D eigenvalue weighted by atomic mass is 32.2. The van der Waals surface area contributed by atoms with Crippen LogP contribution in [0.15, 0.2) is 23.4 Å². The first kappa shape index (κ1) is 14.2. The van der Waals surface area contributed by atoms with Gasteiger partial charge in [0.15, 0.2) is 5.03 Å². The predicted octanol–water partition coefficient (Wildman–Crippen LogP) is 0.496. The normalized spacial score (nSPS) is 20.6. The van der Waals surface area contributed by atoms with Crippen molar-refractivity contribution in [2.45, 2.75) is 23.9 Å². The lowest BCUT2D eigenvalue weighted by Crippen LogP contribution is -2.38. The molecule has 2 rings (SSSR count). The highest BCUT2D eigenvalue weighted by Crippen LogP contribution is 2.18. The van der Waals surface area contributed by atoms with Crippen LogP contribution in [0.2, 0.25) is 0 Å². The van der Waals surface area contributed by atoms with Gasteiger partial charge >= 0.3 is 0 Å². The topological polar surface area (TPSA) is 74.3 Å². The Morgan fingerprint density at radius 3 is 2.95 bits per heavy atom. The Labute approximate surface area is 114 Å². The number of hydrogen-bond acceptors (Lipinski definition) is 5. The van der Waals surface area contributed by atoms with Gasteiger partial charge in [-0.25, -0.2) is 18.1 Å². The van der Waals surface area contributed by atoms with Gasteiger partial charge in [-0.3, -0.25) is 0 Å². The second-order valence-electron chi connectivity index (χ2n) is 4.73. The quantitative estimate of drug-likeness (QED) is 0.823. The van der Waals surface area contributed by atoms with Crippen molar-refractivity contribution in [3.8, 4) is 0 Å². The maximum absolute atomic E-state index is 12.2. The van der Waals surface area contributed by atoms with Crippen molar-refractivity contribution in [1.82, 2.24) is 14.6 Å². The van der Waals surface area contributed by atoms with E-state index in [0.29, 0.717) is 12.2 Å². The van der Waals surface area contributed by atoms with Crippen molar-refractivity contribution in [3.05, 3.63) is 18.3 Å². The van der Waals surface area contributed by atoms with Crippen LogP contribution in [0.25, 0.3) is 0 Å². The van der Waals surface area contributed by atoms with E-state index in [2.05, 4.69) is 19.9 Å². The summed E-state index contributed by atoms with van der Waals surface area (Å²) in [5, 5.41) is 2.90. The molecule has 1 fully saturated rings. The summed E-state index contributed by atoms with van der Waals surface area (Å²) in [6.45, 7) is 1.45. The molecular weight excluding hydrogens is 264 g/mol. The summed E-state index contributed by atoms with van der Waals surface area (Å²) in [6, 6.07) is 3.68. The van der Waals surface area contributed by atoms with E-state index in [9.17, 15) is 8.42 Å². The number of hydrogen-bond donors (Lipinski definition) is 2. The van der Waals surface area contributed by atoms with Gasteiger partial charge in [-0.1, -0.05) is 0 Å². The Morgan fingerprint density at radius 1 is 1.53 bits per heavy atom. The fourth-order valence-electron chi connectivity index (χ4n) is 2.31. The molecule has 2 N–H and O–H groups in total. The Morgan fingerprint density at radius 2 is 2.32 bits per heavy atom. The zero-order chi connectivity index (χ0) is 13.9. The number of likely N-dealkylation sites (tertiary alicyclic amines) is 1. The van der Waals surface area contributed by atoms with Crippen molar-refractivity contribution in [3.63, 3.8) is 0 Å². The van der Waals surface area contributed by atoms with Gasteiger partial charge in [-0.05, 0) is 38.6 Å². The van der Waals surface area contributed by atoms with E-state index in [-0.39, 0.29) is 11.1 Å². The summed E-state index contributed by atoms with van der Waals surface area (Å²) < 4.78 is 27.1. The van der Waals surface area contributed by atoms with Gasteiger partial charge in [0.1, 0.15) is 0 Å². The minimum absolute atomic E-state index is 0.0538. The van der Waals surface area contributed by atoms with Crippen molar-refractivity contribution >= 4 is 15.7 Å². The Bertz CT molecular complexity index is 532. The molecule has 19 heavy (non-hydrogen) atoms. The Hall–Kier alpha value is -1.18. The summed E-state index contributed by atoms with van der Waals surface area (Å²) in [6.07, 6.45) is 3.63. The van der Waals surface area contributed by atoms with Crippen LogP contribution in [-0.4, -0.2) is 51.5 Å². The third-order valence-corrected chi connectivity index (χ3v) is 4.86. The average Bonchev–Trinajstić information content (AvgIpc) is 2.82. The van der Waals surface area contributed by atoms with E-state index in [1.165, 1.54) is 6.20 Å². The summed E-state index contributed by atoms with van der Waals surface area (Å²) in [5.74, 6) is 0. The number of rotatable bonds is 5. The van der Waals surface area contributed by atoms with Gasteiger partial charge < -0.3 is 10.2 Å². The molecule has 1 aromatic heterocycles. The molecule has 6 nitrogen and oxygen atoms in total. The first-order valence-corrected chi connectivity index (χ1v) is 7.85. The van der Waals surface area contributed by atoms with Crippen molar-refractivity contribution in [2.24, 2.45) is 0 Å². The zero-order valence-electron chi connectivity index (χ0n) is 11.3. The number of nitrogens with zero attached hydrogens (tertiary/aromatic N) is 2. The first-order chi connectivity index (χ1) is 9.04. The minimum atomic E-state index is -3.56. The molecule has 0 saturated carbocycles. The largest absolute Gasteiger partial charge is 0.386 e. The number of pyridine rings is 1. The van der Waals surface area contributed by atoms with Crippen LogP contribution in [0.4, 0.5) is 5.69 Å². The highest BCUT2D eigenvalue weighted by molar-refractivity contribution is 7.89. The smallest absolute Gasteiger partial charge is 0.260 e. The summed E-state index contributed by atoms with van der Waals surface area (Å²) >= 11 is 0. The monoisotopic (exact) mass is 284 g/mol. The van der Waals surface area contributed by atoms with E-state index in [0.717, 1.165) is 19.4 Å². The van der Waals surface area contributed by atoms with Crippen LogP contribution in [0.5, 0.6) is 0 Å². The van der Waals surface area contributed by atoms with Crippen LogP contribution >= 0.6 is 0 Å². The molecule has 2 heterocycles. The third kappa shape index (κ3) is 3.23. The van der Waals surface area contributed by atoms with Gasteiger partial charge in [-0.15, -0.1) is 0 Å². The molecule has 1 saturated heterocycles. The maximum atomic E-state index is 12.2. The lowest BCUT2D eigenvalue weighted by molar-refractivity contribution is 0.310. The lowest BCUT2D eigenvalue weighted by atomic mass is 10.2. The third-order valence-electron chi connectivity index (χ3n) is 3.48. The molecule has 0 bridgehead atoms. The van der Waals surface area contributed by atoms with Crippen molar-refractivity contribution in [1.29, 1.82) is 0 Å². The van der Waals surface area contributed by atoms with Crippen molar-refractivity contribution in [2.75, 3.05) is 32.5 Å². The molecule has 0 radical (unpaired) electrons. The fraction of sp³-hybridized carbons (Fsp3) is 0.583. The molecule has 106 valence electrons. The van der Waals surface area contributed by atoms with E-state index in [1.54, 1.807) is 19.2 Å². The molecule has 0 spiro atoms.